The maximum Gasteiger partial charge on any atom is 0.414 e. The lowest BCUT2D eigenvalue weighted by molar-refractivity contribution is -0.209. The van der Waals surface area contributed by atoms with E-state index in [9.17, 15) is 18.0 Å². The largest absolute Gasteiger partial charge is 0.461 e. The molecule has 0 aromatic heterocycles. The third-order valence-corrected chi connectivity index (χ3v) is 1.10. The molecule has 76 valence electrons. The number of esters is 1. The highest BCUT2D eigenvalue weighted by Crippen LogP contribution is 2.22. The number of halogens is 3. The van der Waals surface area contributed by atoms with Crippen LogP contribution in [0, 0.1) is 0 Å². The number of aliphatic hydroxyl groups excluding tert-OH is 1. The minimum absolute atomic E-state index is 0.163. The van der Waals surface area contributed by atoms with Crippen molar-refractivity contribution in [2.24, 2.45) is 0 Å². The van der Waals surface area contributed by atoms with Crippen molar-refractivity contribution in [1.82, 2.24) is 0 Å². The molecular weight excluding hydrogens is 189 g/mol. The molecule has 6 heteroatoms. The number of aliphatic hydroxyl groups is 1. The van der Waals surface area contributed by atoms with Crippen LogP contribution in [-0.2, 0) is 9.53 Å². The SMILES string of the molecule is C=CCOC(=O)CC(O)C(F)(F)F. The summed E-state index contributed by atoms with van der Waals surface area (Å²) < 4.78 is 39.2. The van der Waals surface area contributed by atoms with E-state index < -0.39 is 24.7 Å². The van der Waals surface area contributed by atoms with E-state index in [0.29, 0.717) is 0 Å². The Kier molecular flexibility index (Phi) is 4.47. The van der Waals surface area contributed by atoms with Gasteiger partial charge >= 0.3 is 12.1 Å². The third-order valence-electron chi connectivity index (χ3n) is 1.10. The summed E-state index contributed by atoms with van der Waals surface area (Å²) in [4.78, 5) is 10.5. The van der Waals surface area contributed by atoms with Crippen molar-refractivity contribution >= 4 is 5.97 Å². The topological polar surface area (TPSA) is 46.5 Å². The number of hydrogen-bond donors (Lipinski definition) is 1. The summed E-state index contributed by atoms with van der Waals surface area (Å²) in [6, 6.07) is 0. The van der Waals surface area contributed by atoms with Crippen LogP contribution in [0.15, 0.2) is 12.7 Å². The van der Waals surface area contributed by atoms with E-state index in [4.69, 9.17) is 5.11 Å². The second kappa shape index (κ2) is 4.86. The van der Waals surface area contributed by atoms with Crippen molar-refractivity contribution in [3.05, 3.63) is 12.7 Å². The van der Waals surface area contributed by atoms with Gasteiger partial charge in [0.05, 0.1) is 6.42 Å². The Labute approximate surface area is 72.8 Å². The predicted molar refractivity (Wildman–Crippen MR) is 37.8 cm³/mol. The van der Waals surface area contributed by atoms with Crippen molar-refractivity contribution in [3.63, 3.8) is 0 Å². The van der Waals surface area contributed by atoms with Gasteiger partial charge in [-0.1, -0.05) is 12.7 Å². The van der Waals surface area contributed by atoms with E-state index in [1.54, 1.807) is 0 Å². The zero-order valence-corrected chi connectivity index (χ0v) is 6.67. The van der Waals surface area contributed by atoms with Crippen LogP contribution >= 0.6 is 0 Å². The smallest absolute Gasteiger partial charge is 0.414 e. The molecule has 0 spiro atoms. The molecule has 1 atom stereocenters. The molecule has 0 amide bonds. The summed E-state index contributed by atoms with van der Waals surface area (Å²) in [5.41, 5.74) is 0. The van der Waals surface area contributed by atoms with Gasteiger partial charge in [0.15, 0.2) is 6.10 Å². The average molecular weight is 198 g/mol. The van der Waals surface area contributed by atoms with Gasteiger partial charge in [-0.25, -0.2) is 0 Å². The number of alkyl halides is 3. The second-order valence-corrected chi connectivity index (χ2v) is 2.23. The van der Waals surface area contributed by atoms with Gasteiger partial charge in [0, 0.05) is 0 Å². The van der Waals surface area contributed by atoms with Crippen LogP contribution in [-0.4, -0.2) is 30.0 Å². The fourth-order valence-corrected chi connectivity index (χ4v) is 0.484. The van der Waals surface area contributed by atoms with Crippen molar-refractivity contribution in [2.45, 2.75) is 18.7 Å². The third kappa shape index (κ3) is 5.24. The quantitative estimate of drug-likeness (QED) is 0.542. The molecule has 0 heterocycles. The first-order valence-corrected chi connectivity index (χ1v) is 3.39. The standard InChI is InChI=1S/C7H9F3O3/c1-2-3-13-6(12)4-5(11)7(8,9)10/h2,5,11H,1,3-4H2. The molecule has 0 fully saturated rings. The predicted octanol–water partition coefficient (Wildman–Crippen LogP) is 1.03. The molecule has 0 aliphatic heterocycles. The van der Waals surface area contributed by atoms with Crippen LogP contribution in [0.2, 0.25) is 0 Å². The maximum atomic E-state index is 11.7. The van der Waals surface area contributed by atoms with Crippen LogP contribution in [0.3, 0.4) is 0 Å². The summed E-state index contributed by atoms with van der Waals surface area (Å²) in [6.45, 7) is 3.04. The van der Waals surface area contributed by atoms with E-state index in [0.717, 1.165) is 0 Å². The van der Waals surface area contributed by atoms with Gasteiger partial charge in [-0.15, -0.1) is 0 Å². The molecule has 13 heavy (non-hydrogen) atoms. The highest BCUT2D eigenvalue weighted by atomic mass is 19.4. The first-order valence-electron chi connectivity index (χ1n) is 3.39. The minimum Gasteiger partial charge on any atom is -0.461 e. The van der Waals surface area contributed by atoms with Crippen LogP contribution in [0.4, 0.5) is 13.2 Å². The highest BCUT2D eigenvalue weighted by Gasteiger charge is 2.39. The van der Waals surface area contributed by atoms with Gasteiger partial charge in [0.2, 0.25) is 0 Å². The van der Waals surface area contributed by atoms with Crippen molar-refractivity contribution < 1.29 is 27.8 Å². The minimum atomic E-state index is -4.78. The molecule has 0 bridgehead atoms. The monoisotopic (exact) mass is 198 g/mol. The Morgan fingerprint density at radius 3 is 2.54 bits per heavy atom. The maximum absolute atomic E-state index is 11.7. The summed E-state index contributed by atoms with van der Waals surface area (Å²) in [7, 11) is 0. The molecule has 1 unspecified atom stereocenters. The van der Waals surface area contributed by atoms with Gasteiger partial charge in [-0.05, 0) is 0 Å². The fourth-order valence-electron chi connectivity index (χ4n) is 0.484. The summed E-state index contributed by atoms with van der Waals surface area (Å²) in [6.07, 6.45) is -7.31. The number of carbonyl (C=O) groups excluding carboxylic acids is 1. The van der Waals surface area contributed by atoms with Crippen molar-refractivity contribution in [1.29, 1.82) is 0 Å². The zero-order valence-electron chi connectivity index (χ0n) is 6.67. The Balaban J connectivity index is 3.85. The van der Waals surface area contributed by atoms with Gasteiger partial charge < -0.3 is 9.84 Å². The lowest BCUT2D eigenvalue weighted by Gasteiger charge is -2.12. The lowest BCUT2D eigenvalue weighted by atomic mass is 10.2. The Bertz CT molecular complexity index is 188. The fraction of sp³-hybridized carbons (Fsp3) is 0.571. The second-order valence-electron chi connectivity index (χ2n) is 2.23. The molecule has 1 N–H and O–H groups in total. The first kappa shape index (κ1) is 12.0. The van der Waals surface area contributed by atoms with Crippen LogP contribution in [0.25, 0.3) is 0 Å². The summed E-state index contributed by atoms with van der Waals surface area (Å²) >= 11 is 0. The molecule has 0 aromatic rings. The highest BCUT2D eigenvalue weighted by molar-refractivity contribution is 5.70. The van der Waals surface area contributed by atoms with Gasteiger partial charge in [0.25, 0.3) is 0 Å². The lowest BCUT2D eigenvalue weighted by Crippen LogP contribution is -2.31. The molecule has 0 aliphatic carbocycles. The first-order chi connectivity index (χ1) is 5.88. The molecule has 0 aliphatic rings. The van der Waals surface area contributed by atoms with E-state index in [1.165, 1.54) is 6.08 Å². The number of ether oxygens (including phenoxy) is 1. The average Bonchev–Trinajstić information content (AvgIpc) is 1.99. The molecule has 3 nitrogen and oxygen atoms in total. The van der Waals surface area contributed by atoms with Crippen molar-refractivity contribution in [2.75, 3.05) is 6.61 Å². The van der Waals surface area contributed by atoms with Gasteiger partial charge in [-0.2, -0.15) is 13.2 Å². The number of rotatable bonds is 4. The van der Waals surface area contributed by atoms with E-state index in [2.05, 4.69) is 11.3 Å². The number of hydrogen-bond acceptors (Lipinski definition) is 3. The molecule has 0 radical (unpaired) electrons. The van der Waals surface area contributed by atoms with Crippen LogP contribution < -0.4 is 0 Å². The Hall–Kier alpha value is -1.04. The van der Waals surface area contributed by atoms with Crippen molar-refractivity contribution in [3.8, 4) is 0 Å². The van der Waals surface area contributed by atoms with Gasteiger partial charge in [-0.3, -0.25) is 4.79 Å². The molecule has 0 saturated heterocycles. The Morgan fingerprint density at radius 2 is 2.15 bits per heavy atom. The molecule has 0 rings (SSSR count). The van der Waals surface area contributed by atoms with Crippen LogP contribution in [0.1, 0.15) is 6.42 Å². The zero-order chi connectivity index (χ0) is 10.5. The van der Waals surface area contributed by atoms with E-state index in [-0.39, 0.29) is 6.61 Å². The van der Waals surface area contributed by atoms with E-state index >= 15 is 0 Å². The molecule has 0 saturated carbocycles. The summed E-state index contributed by atoms with van der Waals surface area (Å²) in [5.74, 6) is -1.11. The molecule has 0 aromatic carbocycles. The molecular formula is C7H9F3O3. The summed E-state index contributed by atoms with van der Waals surface area (Å²) in [5, 5.41) is 8.40. The van der Waals surface area contributed by atoms with E-state index in [1.807, 2.05) is 0 Å². The van der Waals surface area contributed by atoms with Crippen LogP contribution in [0.5, 0.6) is 0 Å². The normalized spacial score (nSPS) is 13.5. The number of carbonyl (C=O) groups is 1. The Morgan fingerprint density at radius 1 is 1.62 bits per heavy atom. The van der Waals surface area contributed by atoms with Gasteiger partial charge in [0.1, 0.15) is 6.61 Å².